The minimum atomic E-state index is -4.65. The zero-order valence-corrected chi connectivity index (χ0v) is 14.5. The number of rotatable bonds is 4. The Hall–Kier alpha value is -2.61. The lowest BCUT2D eigenvalue weighted by Gasteiger charge is -2.11. The Balaban J connectivity index is 1.82. The summed E-state index contributed by atoms with van der Waals surface area (Å²) in [6.07, 6.45) is -4.65. The summed E-state index contributed by atoms with van der Waals surface area (Å²) in [5.41, 5.74) is 1.76. The van der Waals surface area contributed by atoms with Crippen LogP contribution in [0.25, 0.3) is 10.9 Å². The van der Waals surface area contributed by atoms with E-state index in [9.17, 15) is 18.0 Å². The highest BCUT2D eigenvalue weighted by molar-refractivity contribution is 8.00. The van der Waals surface area contributed by atoms with Gasteiger partial charge in [0, 0.05) is 11.1 Å². The molecule has 2 aromatic carbocycles. The largest absolute Gasteiger partial charge is 0.451 e. The second-order valence-electron chi connectivity index (χ2n) is 5.52. The summed E-state index contributed by atoms with van der Waals surface area (Å²) in [4.78, 5) is 19.3. The van der Waals surface area contributed by atoms with E-state index in [0.29, 0.717) is 11.1 Å². The third kappa shape index (κ3) is 4.13. The number of hydrogen-bond acceptors (Lipinski definition) is 4. The van der Waals surface area contributed by atoms with Gasteiger partial charge in [-0.1, -0.05) is 48.2 Å². The van der Waals surface area contributed by atoms with Crippen LogP contribution in [0.1, 0.15) is 11.4 Å². The van der Waals surface area contributed by atoms with E-state index >= 15 is 0 Å². The molecule has 3 rings (SSSR count). The standard InChI is InChI=1S/C18H14F3N3OS/c1-11-6-2-4-8-13(11)22-15(25)10-26-16-12-7-3-5-9-14(12)23-17(24-16)18(19,20)21/h2-9H,10H2,1H3,(H,22,25). The van der Waals surface area contributed by atoms with Gasteiger partial charge in [0.25, 0.3) is 0 Å². The summed E-state index contributed by atoms with van der Waals surface area (Å²) < 4.78 is 39.0. The molecule has 0 atom stereocenters. The fraction of sp³-hybridized carbons (Fsp3) is 0.167. The summed E-state index contributed by atoms with van der Waals surface area (Å²) >= 11 is 0.950. The number of fused-ring (bicyclic) bond motifs is 1. The minimum absolute atomic E-state index is 0.0629. The topological polar surface area (TPSA) is 54.9 Å². The molecule has 0 saturated carbocycles. The highest BCUT2D eigenvalue weighted by Gasteiger charge is 2.35. The van der Waals surface area contributed by atoms with Crippen molar-refractivity contribution >= 4 is 34.3 Å². The molecule has 1 amide bonds. The second kappa shape index (κ2) is 7.33. The maximum absolute atomic E-state index is 13.0. The van der Waals surface area contributed by atoms with Crippen molar-refractivity contribution in [3.8, 4) is 0 Å². The van der Waals surface area contributed by atoms with Gasteiger partial charge >= 0.3 is 6.18 Å². The van der Waals surface area contributed by atoms with Crippen molar-refractivity contribution in [2.24, 2.45) is 0 Å². The zero-order valence-electron chi connectivity index (χ0n) is 13.7. The van der Waals surface area contributed by atoms with E-state index in [1.54, 1.807) is 30.3 Å². The Labute approximate surface area is 151 Å². The van der Waals surface area contributed by atoms with Gasteiger partial charge in [0.1, 0.15) is 5.03 Å². The molecule has 1 heterocycles. The van der Waals surface area contributed by atoms with Crippen molar-refractivity contribution in [1.82, 2.24) is 9.97 Å². The molecule has 0 aliphatic heterocycles. The predicted octanol–water partition coefficient (Wildman–Crippen LogP) is 4.69. The molecule has 0 aliphatic rings. The Kier molecular flexibility index (Phi) is 5.13. The van der Waals surface area contributed by atoms with Gasteiger partial charge < -0.3 is 5.32 Å². The third-order valence-electron chi connectivity index (χ3n) is 3.58. The quantitative estimate of drug-likeness (QED) is 0.529. The monoisotopic (exact) mass is 377 g/mol. The normalized spacial score (nSPS) is 11.5. The van der Waals surface area contributed by atoms with Gasteiger partial charge in [0.15, 0.2) is 0 Å². The lowest BCUT2D eigenvalue weighted by Crippen LogP contribution is -2.16. The SMILES string of the molecule is Cc1ccccc1NC(=O)CSc1nc(C(F)(F)F)nc2ccccc12. The molecule has 4 nitrogen and oxygen atoms in total. The van der Waals surface area contributed by atoms with Crippen LogP contribution in [0.4, 0.5) is 18.9 Å². The zero-order chi connectivity index (χ0) is 18.7. The number of benzene rings is 2. The highest BCUT2D eigenvalue weighted by Crippen LogP contribution is 2.32. The molecule has 0 radical (unpaired) electrons. The lowest BCUT2D eigenvalue weighted by molar-refractivity contribution is -0.145. The van der Waals surface area contributed by atoms with Crippen LogP contribution < -0.4 is 5.32 Å². The van der Waals surface area contributed by atoms with E-state index in [2.05, 4.69) is 15.3 Å². The molecule has 0 spiro atoms. The molecule has 3 aromatic rings. The van der Waals surface area contributed by atoms with Crippen LogP contribution in [-0.4, -0.2) is 21.6 Å². The number of carbonyl (C=O) groups is 1. The minimum Gasteiger partial charge on any atom is -0.325 e. The maximum atomic E-state index is 13.0. The number of nitrogens with one attached hydrogen (secondary N) is 1. The van der Waals surface area contributed by atoms with Crippen LogP contribution in [-0.2, 0) is 11.0 Å². The summed E-state index contributed by atoms with van der Waals surface area (Å²) in [6.45, 7) is 1.86. The average Bonchev–Trinajstić information content (AvgIpc) is 2.60. The van der Waals surface area contributed by atoms with Crippen LogP contribution in [0.3, 0.4) is 0 Å². The van der Waals surface area contributed by atoms with Crippen molar-refractivity contribution in [2.75, 3.05) is 11.1 Å². The number of aryl methyl sites for hydroxylation is 1. The van der Waals surface area contributed by atoms with E-state index in [4.69, 9.17) is 0 Å². The Morgan fingerprint density at radius 2 is 1.77 bits per heavy atom. The Morgan fingerprint density at radius 3 is 2.50 bits per heavy atom. The van der Waals surface area contributed by atoms with Gasteiger partial charge in [-0.05, 0) is 24.6 Å². The fourth-order valence-electron chi connectivity index (χ4n) is 2.32. The van der Waals surface area contributed by atoms with Crippen molar-refractivity contribution in [2.45, 2.75) is 18.1 Å². The van der Waals surface area contributed by atoms with E-state index in [1.165, 1.54) is 6.07 Å². The molecular weight excluding hydrogens is 363 g/mol. The first-order valence-corrected chi connectivity index (χ1v) is 8.65. The molecule has 1 aromatic heterocycles. The lowest BCUT2D eigenvalue weighted by atomic mass is 10.2. The molecule has 1 N–H and O–H groups in total. The first-order valence-electron chi connectivity index (χ1n) is 7.67. The first-order chi connectivity index (χ1) is 12.3. The Bertz CT molecular complexity index is 960. The van der Waals surface area contributed by atoms with Crippen molar-refractivity contribution < 1.29 is 18.0 Å². The number of anilines is 1. The average molecular weight is 377 g/mol. The smallest absolute Gasteiger partial charge is 0.325 e. The summed E-state index contributed by atoms with van der Waals surface area (Å²) in [6, 6.07) is 13.7. The van der Waals surface area contributed by atoms with Gasteiger partial charge in [-0.2, -0.15) is 13.2 Å². The van der Waals surface area contributed by atoms with Crippen LogP contribution in [0, 0.1) is 6.92 Å². The number of hydrogen-bond donors (Lipinski definition) is 1. The number of para-hydroxylation sites is 2. The number of amides is 1. The van der Waals surface area contributed by atoms with Gasteiger partial charge in [-0.3, -0.25) is 4.79 Å². The summed E-state index contributed by atoms with van der Waals surface area (Å²) in [5, 5.41) is 3.36. The molecule has 8 heteroatoms. The predicted molar refractivity (Wildman–Crippen MR) is 95.1 cm³/mol. The first kappa shape index (κ1) is 18.2. The van der Waals surface area contributed by atoms with Crippen molar-refractivity contribution in [3.63, 3.8) is 0 Å². The van der Waals surface area contributed by atoms with E-state index in [0.717, 1.165) is 17.3 Å². The molecular formula is C18H14F3N3OS. The molecule has 0 bridgehead atoms. The number of nitrogens with zero attached hydrogens (tertiary/aromatic N) is 2. The highest BCUT2D eigenvalue weighted by atomic mass is 32.2. The second-order valence-corrected chi connectivity index (χ2v) is 6.48. The summed E-state index contributed by atoms with van der Waals surface area (Å²) in [5.74, 6) is -1.59. The van der Waals surface area contributed by atoms with Crippen molar-refractivity contribution in [3.05, 3.63) is 59.9 Å². The third-order valence-corrected chi connectivity index (χ3v) is 4.57. The molecule has 0 saturated heterocycles. The summed E-state index contributed by atoms with van der Waals surface area (Å²) in [7, 11) is 0. The number of carbonyl (C=O) groups excluding carboxylic acids is 1. The molecule has 0 aliphatic carbocycles. The number of thioether (sulfide) groups is 1. The van der Waals surface area contributed by atoms with Crippen molar-refractivity contribution in [1.29, 1.82) is 0 Å². The van der Waals surface area contributed by atoms with Crippen LogP contribution in [0.5, 0.6) is 0 Å². The molecule has 134 valence electrons. The molecule has 26 heavy (non-hydrogen) atoms. The van der Waals surface area contributed by atoms with Gasteiger partial charge in [0.05, 0.1) is 11.3 Å². The van der Waals surface area contributed by atoms with Crippen LogP contribution >= 0.6 is 11.8 Å². The maximum Gasteiger partial charge on any atom is 0.451 e. The Morgan fingerprint density at radius 1 is 1.08 bits per heavy atom. The van der Waals surface area contributed by atoms with Gasteiger partial charge in [0.2, 0.25) is 11.7 Å². The van der Waals surface area contributed by atoms with E-state index < -0.39 is 12.0 Å². The van der Waals surface area contributed by atoms with E-state index in [1.807, 2.05) is 19.1 Å². The number of aromatic nitrogens is 2. The number of alkyl halides is 3. The van der Waals surface area contributed by atoms with Gasteiger partial charge in [-0.25, -0.2) is 9.97 Å². The number of halogens is 3. The van der Waals surface area contributed by atoms with Gasteiger partial charge in [-0.15, -0.1) is 0 Å². The van der Waals surface area contributed by atoms with Crippen LogP contribution in [0.2, 0.25) is 0 Å². The fourth-order valence-corrected chi connectivity index (χ4v) is 3.14. The molecule has 0 fully saturated rings. The van der Waals surface area contributed by atoms with E-state index in [-0.39, 0.29) is 22.2 Å². The molecule has 0 unspecified atom stereocenters. The van der Waals surface area contributed by atoms with Crippen LogP contribution in [0.15, 0.2) is 53.6 Å².